The van der Waals surface area contributed by atoms with Crippen LogP contribution in [0.3, 0.4) is 0 Å². The normalized spacial score (nSPS) is 11.2. The first kappa shape index (κ1) is 15.5. The standard InChI is InChI=1S/C16H22N2O3/c1-11(2)21-7-6-20-10-13-8-12-4-5-14(19-3)9-15(12)18-16(13)17/h4-5,8-9,11H,6-7,10H2,1-3H3,(H2,17,18). The van der Waals surface area contributed by atoms with Gasteiger partial charge in [0.1, 0.15) is 11.6 Å². The minimum atomic E-state index is 0.219. The summed E-state index contributed by atoms with van der Waals surface area (Å²) in [6.45, 7) is 5.55. The first-order valence-corrected chi connectivity index (χ1v) is 7.02. The Balaban J connectivity index is 2.01. The Morgan fingerprint density at radius 2 is 2.00 bits per heavy atom. The fourth-order valence-corrected chi connectivity index (χ4v) is 1.97. The fraction of sp³-hybridized carbons (Fsp3) is 0.438. The second kappa shape index (κ2) is 7.24. The average molecular weight is 290 g/mol. The number of methoxy groups -OCH3 is 1. The molecule has 21 heavy (non-hydrogen) atoms. The lowest BCUT2D eigenvalue weighted by Gasteiger charge is -2.10. The molecule has 0 saturated carbocycles. The highest BCUT2D eigenvalue weighted by Crippen LogP contribution is 2.23. The zero-order valence-corrected chi connectivity index (χ0v) is 12.8. The smallest absolute Gasteiger partial charge is 0.129 e. The van der Waals surface area contributed by atoms with E-state index in [1.54, 1.807) is 7.11 Å². The zero-order chi connectivity index (χ0) is 15.2. The molecule has 0 aliphatic carbocycles. The monoisotopic (exact) mass is 290 g/mol. The van der Waals surface area contributed by atoms with Gasteiger partial charge in [-0.15, -0.1) is 0 Å². The van der Waals surface area contributed by atoms with E-state index in [2.05, 4.69) is 4.98 Å². The summed E-state index contributed by atoms with van der Waals surface area (Å²) in [4.78, 5) is 4.40. The average Bonchev–Trinajstić information content (AvgIpc) is 2.46. The van der Waals surface area contributed by atoms with E-state index in [4.69, 9.17) is 19.9 Å². The maximum atomic E-state index is 5.98. The third-order valence-electron chi connectivity index (χ3n) is 3.07. The predicted molar refractivity (Wildman–Crippen MR) is 83.5 cm³/mol. The number of hydrogen-bond donors (Lipinski definition) is 1. The summed E-state index contributed by atoms with van der Waals surface area (Å²) < 4.78 is 16.2. The third-order valence-corrected chi connectivity index (χ3v) is 3.07. The Kier molecular flexibility index (Phi) is 5.36. The van der Waals surface area contributed by atoms with Crippen LogP contribution < -0.4 is 10.5 Å². The van der Waals surface area contributed by atoms with Crippen LogP contribution in [0.25, 0.3) is 10.9 Å². The Morgan fingerprint density at radius 1 is 1.19 bits per heavy atom. The van der Waals surface area contributed by atoms with E-state index in [1.807, 2.05) is 38.1 Å². The summed E-state index contributed by atoms with van der Waals surface area (Å²) >= 11 is 0. The van der Waals surface area contributed by atoms with Crippen molar-refractivity contribution >= 4 is 16.7 Å². The molecule has 0 aliphatic rings. The summed E-state index contributed by atoms with van der Waals surface area (Å²) in [5, 5.41) is 1.02. The molecule has 0 amide bonds. The number of pyridine rings is 1. The molecule has 0 aliphatic heterocycles. The molecular weight excluding hydrogens is 268 g/mol. The Hall–Kier alpha value is -1.85. The van der Waals surface area contributed by atoms with Crippen molar-refractivity contribution in [3.8, 4) is 5.75 Å². The van der Waals surface area contributed by atoms with Gasteiger partial charge in [-0.05, 0) is 32.0 Å². The minimum absolute atomic E-state index is 0.219. The van der Waals surface area contributed by atoms with E-state index in [0.29, 0.717) is 25.6 Å². The number of nitrogens with zero attached hydrogens (tertiary/aromatic N) is 1. The highest BCUT2D eigenvalue weighted by molar-refractivity contribution is 5.82. The Bertz CT molecular complexity index is 599. The van der Waals surface area contributed by atoms with Crippen molar-refractivity contribution in [2.24, 2.45) is 0 Å². The molecule has 5 heteroatoms. The molecule has 0 saturated heterocycles. The molecule has 0 radical (unpaired) electrons. The van der Waals surface area contributed by atoms with E-state index in [-0.39, 0.29) is 6.10 Å². The van der Waals surface area contributed by atoms with Crippen LogP contribution in [0.4, 0.5) is 5.82 Å². The predicted octanol–water partition coefficient (Wildman–Crippen LogP) is 2.77. The quantitative estimate of drug-likeness (QED) is 0.794. The largest absolute Gasteiger partial charge is 0.497 e. The van der Waals surface area contributed by atoms with Gasteiger partial charge in [0.15, 0.2) is 0 Å². The van der Waals surface area contributed by atoms with Crippen molar-refractivity contribution in [3.63, 3.8) is 0 Å². The fourth-order valence-electron chi connectivity index (χ4n) is 1.97. The number of nitrogen functional groups attached to an aromatic ring is 1. The molecule has 1 aromatic carbocycles. The minimum Gasteiger partial charge on any atom is -0.497 e. The highest BCUT2D eigenvalue weighted by Gasteiger charge is 2.06. The third kappa shape index (κ3) is 4.31. The maximum Gasteiger partial charge on any atom is 0.129 e. The van der Waals surface area contributed by atoms with Crippen LogP contribution in [0, 0.1) is 0 Å². The van der Waals surface area contributed by atoms with Gasteiger partial charge in [-0.3, -0.25) is 0 Å². The molecule has 0 bridgehead atoms. The van der Waals surface area contributed by atoms with Gasteiger partial charge in [-0.25, -0.2) is 4.98 Å². The zero-order valence-electron chi connectivity index (χ0n) is 12.8. The molecule has 1 heterocycles. The van der Waals surface area contributed by atoms with Gasteiger partial charge in [0.25, 0.3) is 0 Å². The Labute approximate surface area is 125 Å². The molecule has 0 fully saturated rings. The van der Waals surface area contributed by atoms with Gasteiger partial charge in [0.2, 0.25) is 0 Å². The summed E-state index contributed by atoms with van der Waals surface area (Å²) in [6, 6.07) is 7.74. The highest BCUT2D eigenvalue weighted by atomic mass is 16.5. The van der Waals surface area contributed by atoms with Gasteiger partial charge >= 0.3 is 0 Å². The van der Waals surface area contributed by atoms with Crippen molar-refractivity contribution < 1.29 is 14.2 Å². The first-order chi connectivity index (χ1) is 10.1. The number of hydrogen-bond acceptors (Lipinski definition) is 5. The molecule has 2 aromatic rings. The number of anilines is 1. The maximum absolute atomic E-state index is 5.98. The Morgan fingerprint density at radius 3 is 2.71 bits per heavy atom. The van der Waals surface area contributed by atoms with Gasteiger partial charge in [-0.2, -0.15) is 0 Å². The van der Waals surface area contributed by atoms with E-state index in [9.17, 15) is 0 Å². The van der Waals surface area contributed by atoms with E-state index in [1.165, 1.54) is 0 Å². The molecule has 2 rings (SSSR count). The summed E-state index contributed by atoms with van der Waals surface area (Å²) in [5.41, 5.74) is 7.68. The molecule has 114 valence electrons. The van der Waals surface area contributed by atoms with Crippen LogP contribution in [0.1, 0.15) is 19.4 Å². The number of benzene rings is 1. The number of fused-ring (bicyclic) bond motifs is 1. The molecule has 1 aromatic heterocycles. The van der Waals surface area contributed by atoms with E-state index in [0.717, 1.165) is 22.2 Å². The summed E-state index contributed by atoms with van der Waals surface area (Å²) in [5.74, 6) is 1.25. The van der Waals surface area contributed by atoms with Crippen LogP contribution in [0.5, 0.6) is 5.75 Å². The molecule has 0 atom stereocenters. The lowest BCUT2D eigenvalue weighted by Crippen LogP contribution is -2.10. The number of nitrogens with two attached hydrogens (primary N) is 1. The van der Waals surface area contributed by atoms with Gasteiger partial charge < -0.3 is 19.9 Å². The van der Waals surface area contributed by atoms with Crippen molar-refractivity contribution in [1.29, 1.82) is 0 Å². The van der Waals surface area contributed by atoms with Crippen molar-refractivity contribution in [2.45, 2.75) is 26.6 Å². The lowest BCUT2D eigenvalue weighted by atomic mass is 10.1. The SMILES string of the molecule is COc1ccc2cc(COCCOC(C)C)c(N)nc2c1. The van der Waals surface area contributed by atoms with Crippen molar-refractivity contribution in [2.75, 3.05) is 26.1 Å². The van der Waals surface area contributed by atoms with Crippen molar-refractivity contribution in [3.05, 3.63) is 29.8 Å². The van der Waals surface area contributed by atoms with Gasteiger partial charge in [0, 0.05) is 17.0 Å². The topological polar surface area (TPSA) is 66.6 Å². The number of aromatic nitrogens is 1. The van der Waals surface area contributed by atoms with Gasteiger partial charge in [-0.1, -0.05) is 0 Å². The number of ether oxygens (including phenoxy) is 3. The molecule has 5 nitrogen and oxygen atoms in total. The molecule has 2 N–H and O–H groups in total. The molecule has 0 spiro atoms. The molecule has 0 unspecified atom stereocenters. The second-order valence-electron chi connectivity index (χ2n) is 5.06. The first-order valence-electron chi connectivity index (χ1n) is 7.02. The van der Waals surface area contributed by atoms with Crippen LogP contribution in [-0.2, 0) is 16.1 Å². The van der Waals surface area contributed by atoms with Crippen LogP contribution >= 0.6 is 0 Å². The lowest BCUT2D eigenvalue weighted by molar-refractivity contribution is 0.0144. The molecular formula is C16H22N2O3. The number of rotatable bonds is 7. The summed E-state index contributed by atoms with van der Waals surface area (Å²) in [6.07, 6.45) is 0.219. The van der Waals surface area contributed by atoms with E-state index >= 15 is 0 Å². The van der Waals surface area contributed by atoms with E-state index < -0.39 is 0 Å². The van der Waals surface area contributed by atoms with Crippen LogP contribution in [0.15, 0.2) is 24.3 Å². The summed E-state index contributed by atoms with van der Waals surface area (Å²) in [7, 11) is 1.63. The van der Waals surface area contributed by atoms with Crippen molar-refractivity contribution in [1.82, 2.24) is 4.98 Å². The van der Waals surface area contributed by atoms with Gasteiger partial charge in [0.05, 0.1) is 38.6 Å². The van der Waals surface area contributed by atoms with Crippen LogP contribution in [0.2, 0.25) is 0 Å². The second-order valence-corrected chi connectivity index (χ2v) is 5.06. The van der Waals surface area contributed by atoms with Crippen LogP contribution in [-0.4, -0.2) is 31.4 Å².